The molecule has 0 aromatic heterocycles. The fourth-order valence-electron chi connectivity index (χ4n) is 2.78. The van der Waals surface area contributed by atoms with Crippen molar-refractivity contribution in [2.45, 2.75) is 26.8 Å². The quantitative estimate of drug-likeness (QED) is 0.765. The maximum Gasteiger partial charge on any atom is 0.282 e. The Morgan fingerprint density at radius 1 is 1.17 bits per heavy atom. The van der Waals surface area contributed by atoms with Crippen LogP contribution in [0.3, 0.4) is 0 Å². The van der Waals surface area contributed by atoms with Gasteiger partial charge in [-0.3, -0.25) is 4.79 Å². The third kappa shape index (κ3) is 4.27. The van der Waals surface area contributed by atoms with E-state index in [-0.39, 0.29) is 19.0 Å². The molecule has 0 radical (unpaired) electrons. The molecule has 1 aliphatic heterocycles. The van der Waals surface area contributed by atoms with Crippen LogP contribution in [0.15, 0.2) is 24.3 Å². The van der Waals surface area contributed by atoms with E-state index >= 15 is 0 Å². The zero-order valence-corrected chi connectivity index (χ0v) is 15.7. The van der Waals surface area contributed by atoms with Crippen LogP contribution < -0.4 is 0 Å². The molecule has 0 atom stereocenters. The Balaban J connectivity index is 2.13. The molecule has 0 saturated carbocycles. The maximum absolute atomic E-state index is 12.8. The van der Waals surface area contributed by atoms with Gasteiger partial charge in [-0.15, -0.1) is 0 Å². The molecule has 24 heavy (non-hydrogen) atoms. The lowest BCUT2D eigenvalue weighted by atomic mass is 10.2. The lowest BCUT2D eigenvalue weighted by Crippen LogP contribution is -2.52. The largest absolute Gasteiger partial charge is 0.342 e. The summed E-state index contributed by atoms with van der Waals surface area (Å²) < 4.78 is 28.3. The number of hydrogen-bond acceptors (Lipinski definition) is 3. The number of amides is 1. The summed E-state index contributed by atoms with van der Waals surface area (Å²) in [6, 6.07) is 7.21. The highest BCUT2D eigenvalue weighted by Gasteiger charge is 2.35. The van der Waals surface area contributed by atoms with Crippen molar-refractivity contribution in [3.8, 4) is 0 Å². The van der Waals surface area contributed by atoms with Crippen LogP contribution in [0.2, 0.25) is 5.02 Å². The Bertz CT molecular complexity index is 677. The van der Waals surface area contributed by atoms with Gasteiger partial charge in [0.05, 0.1) is 6.54 Å². The van der Waals surface area contributed by atoms with Crippen molar-refractivity contribution in [3.63, 3.8) is 0 Å². The van der Waals surface area contributed by atoms with Crippen molar-refractivity contribution >= 4 is 27.7 Å². The van der Waals surface area contributed by atoms with Crippen molar-refractivity contribution in [1.82, 2.24) is 13.5 Å². The monoisotopic (exact) mass is 373 g/mol. The van der Waals surface area contributed by atoms with E-state index in [0.717, 1.165) is 5.56 Å². The van der Waals surface area contributed by atoms with Crippen LogP contribution in [0.1, 0.15) is 25.8 Å². The Labute approximate surface area is 149 Å². The molecule has 0 unspecified atom stereocenters. The second-order valence-corrected chi connectivity index (χ2v) is 8.02. The fourth-order valence-corrected chi connectivity index (χ4v) is 4.60. The molecule has 1 amide bonds. The van der Waals surface area contributed by atoms with E-state index in [0.29, 0.717) is 37.6 Å². The molecule has 1 saturated heterocycles. The van der Waals surface area contributed by atoms with Gasteiger partial charge in [-0.25, -0.2) is 0 Å². The Morgan fingerprint density at radius 3 is 2.42 bits per heavy atom. The average Bonchev–Trinajstić information content (AvgIpc) is 2.54. The SMILES string of the molecule is CCN(CC)C(=O)CN1CCCN(Cc2ccccc2Cl)S1(=O)=O. The Morgan fingerprint density at radius 2 is 1.79 bits per heavy atom. The van der Waals surface area contributed by atoms with E-state index in [4.69, 9.17) is 11.6 Å². The molecule has 0 bridgehead atoms. The number of carbonyl (C=O) groups is 1. The summed E-state index contributed by atoms with van der Waals surface area (Å²) in [5, 5.41) is 0.545. The molecule has 6 nitrogen and oxygen atoms in total. The molecule has 1 aromatic rings. The highest BCUT2D eigenvalue weighted by atomic mass is 35.5. The van der Waals surface area contributed by atoms with Gasteiger partial charge in [-0.1, -0.05) is 29.8 Å². The molecular weight excluding hydrogens is 350 g/mol. The van der Waals surface area contributed by atoms with Crippen LogP contribution in [-0.2, 0) is 21.5 Å². The summed E-state index contributed by atoms with van der Waals surface area (Å²) in [6.07, 6.45) is 0.690. The number of rotatable bonds is 6. The minimum absolute atomic E-state index is 0.108. The number of carbonyl (C=O) groups excluding carboxylic acids is 1. The maximum atomic E-state index is 12.8. The van der Waals surface area contributed by atoms with Crippen molar-refractivity contribution in [1.29, 1.82) is 0 Å². The third-order valence-electron chi connectivity index (χ3n) is 4.20. The second-order valence-electron chi connectivity index (χ2n) is 5.69. The van der Waals surface area contributed by atoms with Crippen molar-refractivity contribution in [2.24, 2.45) is 0 Å². The molecule has 1 aliphatic rings. The van der Waals surface area contributed by atoms with Crippen LogP contribution >= 0.6 is 11.6 Å². The number of likely N-dealkylation sites (N-methyl/N-ethyl adjacent to an activating group) is 1. The van der Waals surface area contributed by atoms with Crippen LogP contribution in [0.5, 0.6) is 0 Å². The second kappa shape index (κ2) is 8.29. The van der Waals surface area contributed by atoms with Gasteiger partial charge in [0, 0.05) is 37.7 Å². The van der Waals surface area contributed by atoms with Crippen LogP contribution in [-0.4, -0.2) is 60.6 Å². The molecule has 1 heterocycles. The standard InChI is InChI=1S/C16H24ClN3O3S/c1-3-18(4-2)16(21)13-20-11-7-10-19(24(20,22)23)12-14-8-5-6-9-15(14)17/h5-6,8-9H,3-4,7,10-13H2,1-2H3. The number of halogens is 1. The number of benzene rings is 1. The lowest BCUT2D eigenvalue weighted by Gasteiger charge is -2.35. The van der Waals surface area contributed by atoms with Crippen LogP contribution in [0.4, 0.5) is 0 Å². The van der Waals surface area contributed by atoms with Gasteiger partial charge in [0.25, 0.3) is 10.2 Å². The summed E-state index contributed by atoms with van der Waals surface area (Å²) in [7, 11) is -3.66. The zero-order chi connectivity index (χ0) is 17.7. The van der Waals surface area contributed by atoms with Gasteiger partial charge in [0.2, 0.25) is 5.91 Å². The van der Waals surface area contributed by atoms with Crippen molar-refractivity contribution in [2.75, 3.05) is 32.7 Å². The molecule has 134 valence electrons. The highest BCUT2D eigenvalue weighted by molar-refractivity contribution is 7.86. The van der Waals surface area contributed by atoms with E-state index in [1.807, 2.05) is 32.0 Å². The van der Waals surface area contributed by atoms with Crippen molar-refractivity contribution < 1.29 is 13.2 Å². The Hall–Kier alpha value is -1.15. The molecule has 0 N–H and O–H groups in total. The number of nitrogens with zero attached hydrogens (tertiary/aromatic N) is 3. The summed E-state index contributed by atoms with van der Waals surface area (Å²) in [5.74, 6) is -0.164. The van der Waals surface area contributed by atoms with Gasteiger partial charge < -0.3 is 4.90 Å². The number of hydrogen-bond donors (Lipinski definition) is 0. The summed E-state index contributed by atoms with van der Waals surface area (Å²) in [5.41, 5.74) is 0.764. The Kier molecular flexibility index (Phi) is 6.62. The predicted molar refractivity (Wildman–Crippen MR) is 94.9 cm³/mol. The predicted octanol–water partition coefficient (Wildman–Crippen LogP) is 1.96. The molecule has 1 fully saturated rings. The van der Waals surface area contributed by atoms with Gasteiger partial charge in [0.1, 0.15) is 0 Å². The summed E-state index contributed by atoms with van der Waals surface area (Å²) in [6.45, 7) is 5.84. The fraction of sp³-hybridized carbons (Fsp3) is 0.562. The lowest BCUT2D eigenvalue weighted by molar-refractivity contribution is -0.131. The molecule has 2 rings (SSSR count). The molecular formula is C16H24ClN3O3S. The van der Waals surface area contributed by atoms with Gasteiger partial charge >= 0.3 is 0 Å². The molecule has 0 aliphatic carbocycles. The molecule has 0 spiro atoms. The normalized spacial score (nSPS) is 18.5. The van der Waals surface area contributed by atoms with Crippen LogP contribution in [0.25, 0.3) is 0 Å². The van der Waals surface area contributed by atoms with E-state index in [9.17, 15) is 13.2 Å². The smallest absolute Gasteiger partial charge is 0.282 e. The van der Waals surface area contributed by atoms with Crippen molar-refractivity contribution in [3.05, 3.63) is 34.9 Å². The van der Waals surface area contributed by atoms with Gasteiger partial charge in [0.15, 0.2) is 0 Å². The summed E-state index contributed by atoms with van der Waals surface area (Å²) in [4.78, 5) is 13.9. The minimum Gasteiger partial charge on any atom is -0.342 e. The molecule has 1 aromatic carbocycles. The third-order valence-corrected chi connectivity index (χ3v) is 6.50. The first kappa shape index (κ1) is 19.2. The molecule has 8 heteroatoms. The van der Waals surface area contributed by atoms with Gasteiger partial charge in [-0.05, 0) is 31.9 Å². The van der Waals surface area contributed by atoms with Gasteiger partial charge in [-0.2, -0.15) is 17.0 Å². The highest BCUT2D eigenvalue weighted by Crippen LogP contribution is 2.23. The zero-order valence-electron chi connectivity index (χ0n) is 14.1. The first-order valence-electron chi connectivity index (χ1n) is 8.16. The summed E-state index contributed by atoms with van der Waals surface area (Å²) >= 11 is 6.14. The van der Waals surface area contributed by atoms with E-state index < -0.39 is 10.2 Å². The van der Waals surface area contributed by atoms with E-state index in [1.165, 1.54) is 8.61 Å². The topological polar surface area (TPSA) is 60.9 Å². The van der Waals surface area contributed by atoms with Crippen LogP contribution in [0, 0.1) is 0 Å². The first-order valence-corrected chi connectivity index (χ1v) is 9.94. The average molecular weight is 374 g/mol. The van der Waals surface area contributed by atoms with E-state index in [2.05, 4.69) is 0 Å². The first-order chi connectivity index (χ1) is 11.4. The van der Waals surface area contributed by atoms with E-state index in [1.54, 1.807) is 11.0 Å². The minimum atomic E-state index is -3.66.